The fraction of sp³-hybridized carbons (Fsp3) is 0.333. The van der Waals surface area contributed by atoms with Crippen molar-refractivity contribution < 1.29 is 24.3 Å². The number of carbonyl (C=O) groups is 4. The number of rotatable bonds is 10. The smallest absolute Gasteiger partial charge is 0.326 e. The van der Waals surface area contributed by atoms with Crippen molar-refractivity contribution in [3.8, 4) is 0 Å². The second-order valence-electron chi connectivity index (χ2n) is 6.35. The number of carboxylic acid groups (broad SMARTS) is 1. The Bertz CT molecular complexity index is 878. The molecule has 150 valence electrons. The standard InChI is InChI=1S/C18H23N5O5/c19-12(7-10-8-21-13-4-2-1-3-11(10)13)17(26)22-9-16(25)23-14(18(27)28)5-6-15(20)24/h1-4,8,12,14,21H,5-7,9,19H2,(H2,20,24)(H,22,26)(H,23,25)(H,27,28)/t12-,14-/m0/s1. The van der Waals surface area contributed by atoms with Crippen molar-refractivity contribution in [3.63, 3.8) is 0 Å². The van der Waals surface area contributed by atoms with Gasteiger partial charge in [0.15, 0.2) is 0 Å². The van der Waals surface area contributed by atoms with Crippen molar-refractivity contribution in [2.45, 2.75) is 31.3 Å². The molecule has 0 aliphatic carbocycles. The number of aliphatic carboxylic acids is 1. The highest BCUT2D eigenvalue weighted by atomic mass is 16.4. The Labute approximate surface area is 160 Å². The Morgan fingerprint density at radius 3 is 2.57 bits per heavy atom. The summed E-state index contributed by atoms with van der Waals surface area (Å²) < 4.78 is 0. The van der Waals surface area contributed by atoms with E-state index in [2.05, 4.69) is 15.6 Å². The molecule has 2 aromatic rings. The SMILES string of the molecule is NC(=O)CC[C@H](NC(=O)CNC(=O)[C@@H](N)Cc1c[nH]c2ccccc12)C(=O)O. The van der Waals surface area contributed by atoms with Crippen LogP contribution in [0, 0.1) is 0 Å². The van der Waals surface area contributed by atoms with Gasteiger partial charge in [0.25, 0.3) is 0 Å². The molecule has 0 aliphatic rings. The number of hydrogen-bond donors (Lipinski definition) is 6. The van der Waals surface area contributed by atoms with Crippen LogP contribution in [0.2, 0.25) is 0 Å². The lowest BCUT2D eigenvalue weighted by atomic mass is 10.1. The maximum Gasteiger partial charge on any atom is 0.326 e. The molecule has 1 aromatic heterocycles. The largest absolute Gasteiger partial charge is 0.480 e. The van der Waals surface area contributed by atoms with Crippen molar-refractivity contribution in [2.24, 2.45) is 11.5 Å². The number of aromatic amines is 1. The first-order valence-corrected chi connectivity index (χ1v) is 8.66. The van der Waals surface area contributed by atoms with Gasteiger partial charge in [0.1, 0.15) is 6.04 Å². The van der Waals surface area contributed by atoms with Crippen LogP contribution in [0.25, 0.3) is 10.9 Å². The zero-order valence-corrected chi connectivity index (χ0v) is 15.1. The minimum absolute atomic E-state index is 0.134. The third-order valence-electron chi connectivity index (χ3n) is 4.19. The van der Waals surface area contributed by atoms with Crippen LogP contribution in [0.4, 0.5) is 0 Å². The van der Waals surface area contributed by atoms with E-state index in [-0.39, 0.29) is 19.3 Å². The van der Waals surface area contributed by atoms with Gasteiger partial charge in [-0.25, -0.2) is 4.79 Å². The quantitative estimate of drug-likeness (QED) is 0.303. The maximum absolute atomic E-state index is 12.1. The topological polar surface area (TPSA) is 180 Å². The Kier molecular flexibility index (Phi) is 7.10. The predicted octanol–water partition coefficient (Wildman–Crippen LogP) is -1.01. The summed E-state index contributed by atoms with van der Waals surface area (Å²) in [6, 6.07) is 5.45. The van der Waals surface area contributed by atoms with E-state index in [1.807, 2.05) is 24.3 Å². The minimum Gasteiger partial charge on any atom is -0.480 e. The van der Waals surface area contributed by atoms with E-state index in [0.29, 0.717) is 0 Å². The summed E-state index contributed by atoms with van der Waals surface area (Å²) in [6.45, 7) is -0.430. The van der Waals surface area contributed by atoms with Crippen LogP contribution in [0.1, 0.15) is 18.4 Å². The molecular weight excluding hydrogens is 366 g/mol. The third-order valence-corrected chi connectivity index (χ3v) is 4.19. The zero-order valence-electron chi connectivity index (χ0n) is 15.1. The van der Waals surface area contributed by atoms with Crippen LogP contribution in [0.15, 0.2) is 30.5 Å². The molecule has 0 unspecified atom stereocenters. The van der Waals surface area contributed by atoms with Crippen LogP contribution in [0.5, 0.6) is 0 Å². The average molecular weight is 389 g/mol. The highest BCUT2D eigenvalue weighted by molar-refractivity contribution is 5.90. The number of carboxylic acids is 1. The molecule has 1 heterocycles. The average Bonchev–Trinajstić information content (AvgIpc) is 3.05. The molecule has 10 heteroatoms. The van der Waals surface area contributed by atoms with Gasteiger partial charge in [-0.05, 0) is 24.5 Å². The lowest BCUT2D eigenvalue weighted by molar-refractivity contribution is -0.142. The number of nitrogens with two attached hydrogens (primary N) is 2. The normalized spacial score (nSPS) is 12.9. The van der Waals surface area contributed by atoms with E-state index in [1.54, 1.807) is 6.20 Å². The molecule has 0 fully saturated rings. The molecule has 0 bridgehead atoms. The number of para-hydroxylation sites is 1. The zero-order chi connectivity index (χ0) is 20.7. The van der Waals surface area contributed by atoms with E-state index in [9.17, 15) is 19.2 Å². The molecule has 2 atom stereocenters. The third kappa shape index (κ3) is 5.81. The molecule has 28 heavy (non-hydrogen) atoms. The number of primary amides is 1. The monoisotopic (exact) mass is 389 g/mol. The molecule has 0 spiro atoms. The van der Waals surface area contributed by atoms with Gasteiger partial charge in [0.05, 0.1) is 12.6 Å². The molecule has 1 aromatic carbocycles. The van der Waals surface area contributed by atoms with Gasteiger partial charge >= 0.3 is 5.97 Å². The predicted molar refractivity (Wildman–Crippen MR) is 101 cm³/mol. The molecule has 3 amide bonds. The highest BCUT2D eigenvalue weighted by Crippen LogP contribution is 2.18. The number of H-pyrrole nitrogens is 1. The minimum atomic E-state index is -1.29. The summed E-state index contributed by atoms with van der Waals surface area (Å²) in [5, 5.41) is 14.6. The van der Waals surface area contributed by atoms with Gasteiger partial charge in [-0.2, -0.15) is 0 Å². The summed E-state index contributed by atoms with van der Waals surface area (Å²) in [5.41, 5.74) is 12.7. The molecule has 0 aliphatic heterocycles. The summed E-state index contributed by atoms with van der Waals surface area (Å²) in [6.07, 6.45) is 1.73. The Morgan fingerprint density at radius 1 is 1.18 bits per heavy atom. The van der Waals surface area contributed by atoms with Gasteiger partial charge in [-0.1, -0.05) is 18.2 Å². The van der Waals surface area contributed by atoms with Crippen LogP contribution < -0.4 is 22.1 Å². The number of hydrogen-bond acceptors (Lipinski definition) is 5. The van der Waals surface area contributed by atoms with Crippen molar-refractivity contribution in [1.82, 2.24) is 15.6 Å². The summed E-state index contributed by atoms with van der Waals surface area (Å²) in [7, 11) is 0. The molecule has 0 radical (unpaired) electrons. The highest BCUT2D eigenvalue weighted by Gasteiger charge is 2.22. The summed E-state index contributed by atoms with van der Waals surface area (Å²) in [4.78, 5) is 49.0. The Morgan fingerprint density at radius 2 is 1.89 bits per heavy atom. The first-order valence-electron chi connectivity index (χ1n) is 8.66. The van der Waals surface area contributed by atoms with E-state index < -0.39 is 42.3 Å². The Balaban J connectivity index is 1.83. The van der Waals surface area contributed by atoms with Crippen molar-refractivity contribution in [3.05, 3.63) is 36.0 Å². The van der Waals surface area contributed by atoms with Gasteiger partial charge in [0, 0.05) is 23.5 Å². The lowest BCUT2D eigenvalue weighted by Crippen LogP contribution is -2.49. The fourth-order valence-electron chi connectivity index (χ4n) is 2.72. The van der Waals surface area contributed by atoms with Gasteiger partial charge in [0.2, 0.25) is 17.7 Å². The van der Waals surface area contributed by atoms with Crippen LogP contribution in [0.3, 0.4) is 0 Å². The second-order valence-corrected chi connectivity index (χ2v) is 6.35. The first-order chi connectivity index (χ1) is 13.3. The van der Waals surface area contributed by atoms with Crippen LogP contribution >= 0.6 is 0 Å². The van der Waals surface area contributed by atoms with Crippen molar-refractivity contribution in [1.29, 1.82) is 0 Å². The molecule has 2 rings (SSSR count). The summed E-state index contributed by atoms with van der Waals surface area (Å²) >= 11 is 0. The van der Waals surface area contributed by atoms with Gasteiger partial charge < -0.3 is 32.2 Å². The van der Waals surface area contributed by atoms with E-state index >= 15 is 0 Å². The van der Waals surface area contributed by atoms with E-state index in [4.69, 9.17) is 16.6 Å². The van der Waals surface area contributed by atoms with E-state index in [0.717, 1.165) is 16.5 Å². The molecule has 8 N–H and O–H groups in total. The number of aromatic nitrogens is 1. The first kappa shape index (κ1) is 20.9. The molecule has 0 saturated carbocycles. The van der Waals surface area contributed by atoms with Crippen molar-refractivity contribution >= 4 is 34.6 Å². The fourth-order valence-corrected chi connectivity index (χ4v) is 2.72. The van der Waals surface area contributed by atoms with Crippen molar-refractivity contribution in [2.75, 3.05) is 6.54 Å². The number of nitrogens with one attached hydrogen (secondary N) is 3. The lowest BCUT2D eigenvalue weighted by Gasteiger charge is -2.15. The van der Waals surface area contributed by atoms with Gasteiger partial charge in [-0.15, -0.1) is 0 Å². The van der Waals surface area contributed by atoms with Crippen LogP contribution in [-0.4, -0.2) is 52.4 Å². The van der Waals surface area contributed by atoms with Gasteiger partial charge in [-0.3, -0.25) is 14.4 Å². The second kappa shape index (κ2) is 9.51. The molecule has 0 saturated heterocycles. The summed E-state index contributed by atoms with van der Waals surface area (Å²) in [5.74, 6) is -3.21. The number of amides is 3. The van der Waals surface area contributed by atoms with E-state index in [1.165, 1.54) is 0 Å². The van der Waals surface area contributed by atoms with Crippen LogP contribution in [-0.2, 0) is 25.6 Å². The molecule has 10 nitrogen and oxygen atoms in total. The number of fused-ring (bicyclic) bond motifs is 1. The maximum atomic E-state index is 12.1. The Hall–Kier alpha value is -3.40. The number of benzene rings is 1. The molecular formula is C18H23N5O5. The number of carbonyl (C=O) groups excluding carboxylic acids is 3.